The Morgan fingerprint density at radius 2 is 1.88 bits per heavy atom. The quantitative estimate of drug-likeness (QED) is 0.749. The first-order chi connectivity index (χ1) is 8.09. The van der Waals surface area contributed by atoms with Crippen LogP contribution in [0.2, 0.25) is 0 Å². The number of morpholine rings is 1. The van der Waals surface area contributed by atoms with Crippen LogP contribution in [0.3, 0.4) is 0 Å². The van der Waals surface area contributed by atoms with Crippen molar-refractivity contribution in [3.05, 3.63) is 34.9 Å². The van der Waals surface area contributed by atoms with Gasteiger partial charge in [-0.25, -0.2) is 8.78 Å². The zero-order valence-electron chi connectivity index (χ0n) is 9.50. The molecule has 1 saturated heterocycles. The van der Waals surface area contributed by atoms with Crippen LogP contribution in [0, 0.1) is 18.6 Å². The van der Waals surface area contributed by atoms with Crippen molar-refractivity contribution in [3.63, 3.8) is 0 Å². The maximum absolute atomic E-state index is 13.5. The van der Waals surface area contributed by atoms with E-state index in [1.807, 2.05) is 0 Å². The van der Waals surface area contributed by atoms with E-state index in [2.05, 4.69) is 0 Å². The molecule has 0 radical (unpaired) electrons. The van der Waals surface area contributed by atoms with Crippen molar-refractivity contribution >= 4 is 5.91 Å². The van der Waals surface area contributed by atoms with E-state index in [1.165, 1.54) is 17.9 Å². The van der Waals surface area contributed by atoms with E-state index in [4.69, 9.17) is 4.74 Å². The minimum absolute atomic E-state index is 0.0780. The topological polar surface area (TPSA) is 29.5 Å². The molecule has 0 saturated carbocycles. The number of carbonyl (C=O) groups excluding carboxylic acids is 1. The number of aryl methyl sites for hydroxylation is 1. The smallest absolute Gasteiger partial charge is 0.256 e. The summed E-state index contributed by atoms with van der Waals surface area (Å²) >= 11 is 0. The van der Waals surface area contributed by atoms with Gasteiger partial charge < -0.3 is 9.64 Å². The Kier molecular flexibility index (Phi) is 3.38. The van der Waals surface area contributed by atoms with E-state index in [1.54, 1.807) is 0 Å². The first kappa shape index (κ1) is 12.0. The Balaban J connectivity index is 2.26. The number of benzene rings is 1. The van der Waals surface area contributed by atoms with Crippen LogP contribution in [-0.2, 0) is 4.74 Å². The van der Waals surface area contributed by atoms with Crippen LogP contribution in [0.25, 0.3) is 0 Å². The first-order valence-electron chi connectivity index (χ1n) is 5.42. The minimum Gasteiger partial charge on any atom is -0.378 e. The molecule has 0 aromatic heterocycles. The molecule has 1 aromatic rings. The van der Waals surface area contributed by atoms with Crippen LogP contribution >= 0.6 is 0 Å². The number of hydrogen-bond acceptors (Lipinski definition) is 2. The van der Waals surface area contributed by atoms with Gasteiger partial charge in [0.2, 0.25) is 0 Å². The Hall–Kier alpha value is -1.49. The summed E-state index contributed by atoms with van der Waals surface area (Å²) in [7, 11) is 0. The molecule has 0 aliphatic carbocycles. The highest BCUT2D eigenvalue weighted by Gasteiger charge is 2.22. The average Bonchev–Trinajstić information content (AvgIpc) is 2.34. The van der Waals surface area contributed by atoms with Gasteiger partial charge in [-0.15, -0.1) is 0 Å². The summed E-state index contributed by atoms with van der Waals surface area (Å²) in [4.78, 5) is 13.5. The molecule has 0 bridgehead atoms. The molecule has 0 unspecified atom stereocenters. The number of carbonyl (C=O) groups is 1. The Morgan fingerprint density at radius 1 is 1.24 bits per heavy atom. The lowest BCUT2D eigenvalue weighted by atomic mass is 10.1. The van der Waals surface area contributed by atoms with Gasteiger partial charge in [0.25, 0.3) is 5.91 Å². The maximum atomic E-state index is 13.5. The third kappa shape index (κ3) is 2.44. The highest BCUT2D eigenvalue weighted by molar-refractivity contribution is 5.94. The van der Waals surface area contributed by atoms with E-state index in [9.17, 15) is 13.6 Å². The van der Waals surface area contributed by atoms with Gasteiger partial charge in [-0.05, 0) is 18.6 Å². The van der Waals surface area contributed by atoms with Gasteiger partial charge in [0.15, 0.2) is 0 Å². The number of hydrogen-bond donors (Lipinski definition) is 0. The highest BCUT2D eigenvalue weighted by Crippen LogP contribution is 2.16. The molecule has 92 valence electrons. The predicted molar refractivity (Wildman–Crippen MR) is 57.8 cm³/mol. The second kappa shape index (κ2) is 4.79. The molecule has 17 heavy (non-hydrogen) atoms. The third-order valence-electron chi connectivity index (χ3n) is 2.78. The van der Waals surface area contributed by atoms with E-state index in [-0.39, 0.29) is 11.1 Å². The van der Waals surface area contributed by atoms with Gasteiger partial charge in [0, 0.05) is 19.2 Å². The second-order valence-electron chi connectivity index (χ2n) is 3.99. The SMILES string of the molecule is Cc1cc(C(=O)N2CCOCC2)c(F)cc1F. The van der Waals surface area contributed by atoms with Gasteiger partial charge in [-0.3, -0.25) is 4.79 Å². The lowest BCUT2D eigenvalue weighted by Crippen LogP contribution is -2.41. The van der Waals surface area contributed by atoms with E-state index in [0.29, 0.717) is 26.3 Å². The van der Waals surface area contributed by atoms with Crippen LogP contribution in [-0.4, -0.2) is 37.1 Å². The van der Waals surface area contributed by atoms with Gasteiger partial charge in [-0.2, -0.15) is 0 Å². The fourth-order valence-corrected chi connectivity index (χ4v) is 1.76. The normalized spacial score (nSPS) is 16.1. The first-order valence-corrected chi connectivity index (χ1v) is 5.42. The van der Waals surface area contributed by atoms with Crippen molar-refractivity contribution in [2.75, 3.05) is 26.3 Å². The zero-order chi connectivity index (χ0) is 12.4. The van der Waals surface area contributed by atoms with Crippen molar-refractivity contribution in [1.29, 1.82) is 0 Å². The number of amides is 1. The van der Waals surface area contributed by atoms with Crippen molar-refractivity contribution in [2.24, 2.45) is 0 Å². The van der Waals surface area contributed by atoms with Gasteiger partial charge in [0.05, 0.1) is 18.8 Å². The van der Waals surface area contributed by atoms with Crippen molar-refractivity contribution in [1.82, 2.24) is 4.90 Å². The molecule has 0 atom stereocenters. The van der Waals surface area contributed by atoms with E-state index in [0.717, 1.165) is 6.07 Å². The molecule has 0 N–H and O–H groups in total. The Morgan fingerprint density at radius 3 is 2.53 bits per heavy atom. The fraction of sp³-hybridized carbons (Fsp3) is 0.417. The van der Waals surface area contributed by atoms with E-state index < -0.39 is 17.5 Å². The highest BCUT2D eigenvalue weighted by atomic mass is 19.1. The molecule has 1 fully saturated rings. The molecule has 1 heterocycles. The average molecular weight is 241 g/mol. The predicted octanol–water partition coefficient (Wildman–Crippen LogP) is 1.75. The van der Waals surface area contributed by atoms with Crippen LogP contribution in [0.1, 0.15) is 15.9 Å². The van der Waals surface area contributed by atoms with Gasteiger partial charge in [-0.1, -0.05) is 0 Å². The number of ether oxygens (including phenoxy) is 1. The lowest BCUT2D eigenvalue weighted by molar-refractivity contribution is 0.0299. The summed E-state index contributed by atoms with van der Waals surface area (Å²) in [6, 6.07) is 2.01. The molecule has 0 spiro atoms. The van der Waals surface area contributed by atoms with Gasteiger partial charge >= 0.3 is 0 Å². The maximum Gasteiger partial charge on any atom is 0.256 e. The van der Waals surface area contributed by atoms with Crippen LogP contribution in [0.15, 0.2) is 12.1 Å². The number of nitrogens with zero attached hydrogens (tertiary/aromatic N) is 1. The lowest BCUT2D eigenvalue weighted by Gasteiger charge is -2.27. The zero-order valence-corrected chi connectivity index (χ0v) is 9.50. The summed E-state index contributed by atoms with van der Waals surface area (Å²) in [5, 5.41) is 0. The second-order valence-corrected chi connectivity index (χ2v) is 3.99. The summed E-state index contributed by atoms with van der Waals surface area (Å²) in [6.45, 7) is 3.29. The standard InChI is InChI=1S/C12H13F2NO2/c1-8-6-9(11(14)7-10(8)13)12(16)15-2-4-17-5-3-15/h6-7H,2-5H2,1H3. The fourth-order valence-electron chi connectivity index (χ4n) is 1.76. The summed E-state index contributed by atoms with van der Waals surface area (Å²) < 4.78 is 31.7. The number of rotatable bonds is 1. The van der Waals surface area contributed by atoms with Crippen LogP contribution in [0.4, 0.5) is 8.78 Å². The molecule has 1 aromatic carbocycles. The summed E-state index contributed by atoms with van der Waals surface area (Å²) in [5.41, 5.74) is 0.189. The minimum atomic E-state index is -0.815. The molecule has 3 nitrogen and oxygen atoms in total. The molecule has 5 heteroatoms. The monoisotopic (exact) mass is 241 g/mol. The Bertz CT molecular complexity index is 442. The van der Waals surface area contributed by atoms with Crippen molar-refractivity contribution < 1.29 is 18.3 Å². The molecule has 1 aliphatic heterocycles. The van der Waals surface area contributed by atoms with Crippen LogP contribution < -0.4 is 0 Å². The number of halogens is 2. The summed E-state index contributed by atoms with van der Waals surface area (Å²) in [6.07, 6.45) is 0. The molecular weight excluding hydrogens is 228 g/mol. The molecular formula is C12H13F2NO2. The third-order valence-corrected chi connectivity index (χ3v) is 2.78. The summed E-state index contributed by atoms with van der Waals surface area (Å²) in [5.74, 6) is -1.86. The van der Waals surface area contributed by atoms with Crippen LogP contribution in [0.5, 0.6) is 0 Å². The van der Waals surface area contributed by atoms with Crippen molar-refractivity contribution in [2.45, 2.75) is 6.92 Å². The van der Waals surface area contributed by atoms with Crippen molar-refractivity contribution in [3.8, 4) is 0 Å². The van der Waals surface area contributed by atoms with Gasteiger partial charge in [0.1, 0.15) is 11.6 Å². The largest absolute Gasteiger partial charge is 0.378 e. The molecule has 1 aliphatic rings. The molecule has 1 amide bonds. The Labute approximate surface area is 98.0 Å². The van der Waals surface area contributed by atoms with E-state index >= 15 is 0 Å². The molecule has 2 rings (SSSR count).